The molecule has 3 heteroatoms. The highest BCUT2D eigenvalue weighted by molar-refractivity contribution is 5.75. The lowest BCUT2D eigenvalue weighted by molar-refractivity contribution is -0.116. The Labute approximate surface area is 38.6 Å². The Morgan fingerprint density at radius 2 is 3.20 bits per heavy atom. The highest BCUT2D eigenvalue weighted by atomic mass is 16.1. The van der Waals surface area contributed by atoms with E-state index in [0.717, 1.165) is 0 Å². The quantitative estimate of drug-likeness (QED) is 0.420. The van der Waals surface area contributed by atoms with Gasteiger partial charge >= 0.3 is 0 Å². The molecule has 4 N–H and O–H groups in total. The summed E-state index contributed by atoms with van der Waals surface area (Å²) in [5.74, 6) is -1.58. The van der Waals surface area contributed by atoms with Crippen LogP contribution in [0, 0.1) is 0 Å². The number of amides is 1. The first kappa shape index (κ1) is 0.586. The number of carbonyl (C=O) groups is 1. The van der Waals surface area contributed by atoms with E-state index in [0.29, 0.717) is 0 Å². The number of rotatable bonds is 2. The van der Waals surface area contributed by atoms with Gasteiger partial charge in [0.2, 0.25) is 5.91 Å². The Balaban J connectivity index is 4.43. The number of carbonyl (C=O) groups excluding carboxylic acids is 1. The summed E-state index contributed by atoms with van der Waals surface area (Å²) in [5, 5.41) is 0. The van der Waals surface area contributed by atoms with Gasteiger partial charge in [-0.3, -0.25) is 4.79 Å². The van der Waals surface area contributed by atoms with E-state index in [-0.39, 0.29) is 0 Å². The molecule has 0 spiro atoms. The van der Waals surface area contributed by atoms with Gasteiger partial charge < -0.3 is 11.4 Å². The molecule has 1 amide bonds. The fourth-order valence-corrected chi connectivity index (χ4v) is 0. The van der Waals surface area contributed by atoms with Crippen LogP contribution in [-0.4, -0.2) is 12.4 Å². The summed E-state index contributed by atoms with van der Waals surface area (Å²) in [7, 11) is 0. The van der Waals surface area contributed by atoms with Crippen molar-refractivity contribution in [1.82, 2.24) is 0 Å². The Morgan fingerprint density at radius 3 is 3.40 bits per heavy atom. The minimum Gasteiger partial charge on any atom is -0.369 e. The highest BCUT2D eigenvalue weighted by Crippen LogP contribution is 1.36. The van der Waals surface area contributed by atoms with Crippen LogP contribution in [0.15, 0.2) is 0 Å². The van der Waals surface area contributed by atoms with Gasteiger partial charge in [-0.2, -0.15) is 0 Å². The highest BCUT2D eigenvalue weighted by Gasteiger charge is 1.77. The van der Waals surface area contributed by atoms with E-state index >= 15 is 0 Å². The van der Waals surface area contributed by atoms with Gasteiger partial charge in [0.25, 0.3) is 0 Å². The van der Waals surface area contributed by atoms with Crippen LogP contribution in [0.1, 0.15) is 2.74 Å². The van der Waals surface area contributed by atoms with Crippen molar-refractivity contribution < 1.29 is 13.2 Å². The zero-order valence-corrected chi connectivity index (χ0v) is 2.30. The minimum absolute atomic E-state index is 0.495. The molecular formula is C2H6N2O. The van der Waals surface area contributed by atoms with E-state index in [1.165, 1.54) is 0 Å². The van der Waals surface area contributed by atoms with Gasteiger partial charge in [0.15, 0.2) is 2.82 Å². The first-order chi connectivity index (χ1) is 4.80. The summed E-state index contributed by atoms with van der Waals surface area (Å²) in [4.78, 5) is 10.5. The SMILES string of the molecule is [2H]N([2H])C(=O)C([2H])([2H])N([2H])[2H]. The van der Waals surface area contributed by atoms with E-state index in [1.54, 1.807) is 0 Å². The molecule has 0 aromatic heterocycles. The topological polar surface area (TPSA) is 69.1 Å². The Bertz CT molecular complexity index is 157. The molecule has 0 atom stereocenters. The first-order valence-electron chi connectivity index (χ1n) is 3.69. The van der Waals surface area contributed by atoms with Crippen LogP contribution < -0.4 is 11.4 Å². The maximum absolute atomic E-state index is 10.5. The van der Waals surface area contributed by atoms with Gasteiger partial charge in [-0.1, -0.05) is 0 Å². The van der Waals surface area contributed by atoms with Gasteiger partial charge in [0.05, 0.1) is 9.24 Å². The van der Waals surface area contributed by atoms with E-state index in [9.17, 15) is 4.79 Å². The lowest BCUT2D eigenvalue weighted by atomic mass is 10.7. The molecule has 0 rings (SSSR count). The summed E-state index contributed by atoms with van der Waals surface area (Å²) < 4.78 is 38.9. The molecule has 0 aliphatic carbocycles. The molecule has 3 nitrogen and oxygen atoms in total. The smallest absolute Gasteiger partial charge is 0.231 e. The molecule has 0 saturated heterocycles. The molecule has 0 aliphatic heterocycles. The van der Waals surface area contributed by atoms with Crippen LogP contribution in [0.25, 0.3) is 0 Å². The predicted molar refractivity (Wildman–Crippen MR) is 18.2 cm³/mol. The second kappa shape index (κ2) is 1.72. The molecule has 0 fully saturated rings. The summed E-state index contributed by atoms with van der Waals surface area (Å²) in [6, 6.07) is 0. The lowest BCUT2D eigenvalue weighted by Gasteiger charge is -1.74. The van der Waals surface area contributed by atoms with Crippen molar-refractivity contribution in [2.24, 2.45) is 11.4 Å². The van der Waals surface area contributed by atoms with Crippen molar-refractivity contribution in [3.05, 3.63) is 0 Å². The first-order valence-corrected chi connectivity index (χ1v) is 0.901. The van der Waals surface area contributed by atoms with Crippen LogP contribution in [-0.2, 0) is 4.79 Å². The zero-order valence-electron chi connectivity index (χ0n) is 8.30. The molecule has 0 aromatic carbocycles. The molecule has 0 bridgehead atoms. The third-order valence-electron chi connectivity index (χ3n) is 0.0956. The summed E-state index contributed by atoms with van der Waals surface area (Å²) in [5.41, 5.74) is -0.999. The number of hydrogen-bond acceptors (Lipinski definition) is 2. The Hall–Kier alpha value is -0.570. The number of hydrogen-bond donors (Lipinski definition) is 2. The van der Waals surface area contributed by atoms with E-state index < -0.39 is 23.8 Å². The van der Waals surface area contributed by atoms with Crippen molar-refractivity contribution >= 4 is 5.91 Å². The molecule has 0 unspecified atom stereocenters. The molecule has 0 aromatic rings. The normalized spacial score (nSPS) is 27.4. The summed E-state index contributed by atoms with van der Waals surface area (Å²) in [6.45, 7) is -2.94. The van der Waals surface area contributed by atoms with Crippen LogP contribution in [0.5, 0.6) is 0 Å². The fraction of sp³-hybridized carbons (Fsp3) is 0.500. The van der Waals surface area contributed by atoms with Gasteiger partial charge in [-0.15, -0.1) is 0 Å². The fourth-order valence-electron chi connectivity index (χ4n) is 0. The van der Waals surface area contributed by atoms with Crippen molar-refractivity contribution in [2.45, 2.75) is 0 Å². The van der Waals surface area contributed by atoms with Crippen molar-refractivity contribution in [2.75, 3.05) is 6.50 Å². The minimum atomic E-state index is -2.94. The van der Waals surface area contributed by atoms with Crippen LogP contribution in [0.3, 0.4) is 0 Å². The molecule has 0 aliphatic rings. The second-order valence-corrected chi connectivity index (χ2v) is 0.417. The van der Waals surface area contributed by atoms with Gasteiger partial charge in [-0.25, -0.2) is 0 Å². The largest absolute Gasteiger partial charge is 0.369 e. The predicted octanol–water partition coefficient (Wildman–Crippen LogP) is -1.57. The molecule has 30 valence electrons. The molecule has 0 saturated carbocycles. The average Bonchev–Trinajstić information content (AvgIpc) is 1.85. The lowest BCUT2D eigenvalue weighted by Crippen LogP contribution is -2.21. The molecule has 5 heavy (non-hydrogen) atoms. The number of nitrogens with two attached hydrogens (primary N) is 2. The van der Waals surface area contributed by atoms with Crippen molar-refractivity contribution in [1.29, 1.82) is 0 Å². The van der Waals surface area contributed by atoms with Gasteiger partial charge in [0.1, 0.15) is 2.82 Å². The van der Waals surface area contributed by atoms with Gasteiger partial charge in [0, 0.05) is 0 Å². The summed E-state index contributed by atoms with van der Waals surface area (Å²) in [6.07, 6.45) is 0. The standard InChI is InChI=1S/C2H6N2O/c3-1-2(4)5/h1,3H2,(H2,4,5)/i1D2/hD4. The Kier molecular flexibility index (Phi) is 0.202. The third kappa shape index (κ3) is 3.43. The van der Waals surface area contributed by atoms with Crippen LogP contribution in [0.2, 0.25) is 5.65 Å². The molecular weight excluding hydrogens is 68.0 g/mol. The maximum Gasteiger partial charge on any atom is 0.231 e. The van der Waals surface area contributed by atoms with E-state index in [1.807, 2.05) is 0 Å². The monoisotopic (exact) mass is 80.1 g/mol. The van der Waals surface area contributed by atoms with Crippen LogP contribution in [0.4, 0.5) is 0 Å². The zero-order chi connectivity index (χ0) is 9.23. The number of primary amides is 1. The second-order valence-electron chi connectivity index (χ2n) is 0.417. The van der Waals surface area contributed by atoms with Crippen LogP contribution >= 0.6 is 0 Å². The third-order valence-corrected chi connectivity index (χ3v) is 0.0956. The maximum atomic E-state index is 10.5. The van der Waals surface area contributed by atoms with Crippen molar-refractivity contribution in [3.8, 4) is 0 Å². The van der Waals surface area contributed by atoms with E-state index in [4.69, 9.17) is 8.39 Å². The van der Waals surface area contributed by atoms with E-state index in [2.05, 4.69) is 0 Å². The molecule has 0 radical (unpaired) electrons. The molecule has 0 heterocycles. The Morgan fingerprint density at radius 1 is 2.40 bits per heavy atom. The van der Waals surface area contributed by atoms with Crippen molar-refractivity contribution in [3.63, 3.8) is 0 Å². The van der Waals surface area contributed by atoms with Gasteiger partial charge in [-0.05, 0) is 0 Å². The average molecular weight is 80.1 g/mol. The summed E-state index contributed by atoms with van der Waals surface area (Å²) >= 11 is 0.